The minimum Gasteiger partial charge on any atom is -0.493 e. The van der Waals surface area contributed by atoms with Crippen molar-refractivity contribution in [2.45, 2.75) is 31.4 Å². The number of anilines is 3. The molecule has 3 heterocycles. The minimum absolute atomic E-state index is 0.0643. The summed E-state index contributed by atoms with van der Waals surface area (Å²) in [7, 11) is 3.08. The molecule has 0 bridgehead atoms. The van der Waals surface area contributed by atoms with Crippen LogP contribution in [0.1, 0.15) is 19.3 Å². The van der Waals surface area contributed by atoms with Crippen LogP contribution in [0.4, 0.5) is 21.8 Å². The molecule has 2 aromatic carbocycles. The quantitative estimate of drug-likeness (QED) is 0.319. The number of β-amino-alcohol motifs (C(OH)–C–C–N with tert-alkyl or cyclic N) is 1. The van der Waals surface area contributed by atoms with Crippen LogP contribution < -0.4 is 19.7 Å². The van der Waals surface area contributed by atoms with Crippen LogP contribution in [0.15, 0.2) is 30.3 Å². The fourth-order valence-electron chi connectivity index (χ4n) is 5.58. The van der Waals surface area contributed by atoms with Crippen molar-refractivity contribution in [3.05, 3.63) is 41.2 Å². The first-order valence-corrected chi connectivity index (χ1v) is 14.4. The Balaban J connectivity index is 1.34. The molecule has 2 aliphatic rings. The van der Waals surface area contributed by atoms with Gasteiger partial charge in [0.25, 0.3) is 0 Å². The Morgan fingerprint density at radius 3 is 2.55 bits per heavy atom. The van der Waals surface area contributed by atoms with Gasteiger partial charge in [0, 0.05) is 61.7 Å². The number of carbonyl (C=O) groups excluding carboxylic acids is 1. The van der Waals surface area contributed by atoms with Crippen molar-refractivity contribution in [1.82, 2.24) is 19.8 Å². The molecule has 0 spiro atoms. The van der Waals surface area contributed by atoms with Crippen molar-refractivity contribution >= 4 is 45.9 Å². The first-order valence-electron chi connectivity index (χ1n) is 14.0. The van der Waals surface area contributed by atoms with Crippen molar-refractivity contribution in [2.75, 3.05) is 70.3 Å². The van der Waals surface area contributed by atoms with Crippen LogP contribution in [0.2, 0.25) is 5.02 Å². The van der Waals surface area contributed by atoms with Gasteiger partial charge in [-0.05, 0) is 43.7 Å². The van der Waals surface area contributed by atoms with Crippen LogP contribution in [0, 0.1) is 5.82 Å². The number of aliphatic hydroxyl groups excluding tert-OH is 2. The number of benzene rings is 2. The molecule has 0 radical (unpaired) electrons. The Labute approximate surface area is 248 Å². The zero-order valence-corrected chi connectivity index (χ0v) is 24.5. The lowest BCUT2D eigenvalue weighted by Crippen LogP contribution is -2.50. The molecule has 0 saturated carbocycles. The molecule has 5 rings (SSSR count). The molecule has 13 heteroatoms. The number of carbonyl (C=O) groups is 1. The third kappa shape index (κ3) is 6.62. The van der Waals surface area contributed by atoms with E-state index in [1.165, 1.54) is 13.2 Å². The summed E-state index contributed by atoms with van der Waals surface area (Å²) in [5.41, 5.74) is 0.794. The van der Waals surface area contributed by atoms with Gasteiger partial charge in [-0.2, -0.15) is 4.98 Å². The Kier molecular flexibility index (Phi) is 9.47. The molecule has 3 aromatic rings. The number of rotatable bonds is 10. The highest BCUT2D eigenvalue weighted by atomic mass is 35.5. The molecule has 1 amide bonds. The van der Waals surface area contributed by atoms with Crippen LogP contribution in [0.5, 0.6) is 11.5 Å². The minimum atomic E-state index is -0.803. The van der Waals surface area contributed by atoms with Gasteiger partial charge in [-0.15, -0.1) is 0 Å². The van der Waals surface area contributed by atoms with Gasteiger partial charge in [0.05, 0.1) is 38.1 Å². The number of aromatic nitrogens is 2. The van der Waals surface area contributed by atoms with E-state index in [-0.39, 0.29) is 29.3 Å². The molecule has 2 aliphatic heterocycles. The number of hydrogen-bond donors (Lipinski definition) is 3. The summed E-state index contributed by atoms with van der Waals surface area (Å²) in [5.74, 6) is 1.37. The van der Waals surface area contributed by atoms with Crippen molar-refractivity contribution < 1.29 is 28.9 Å². The number of piperazine rings is 1. The average Bonchev–Trinajstić information content (AvgIpc) is 3.43. The van der Waals surface area contributed by atoms with E-state index in [2.05, 4.69) is 10.2 Å². The summed E-state index contributed by atoms with van der Waals surface area (Å²) in [6.45, 7) is 2.96. The number of halogens is 2. The van der Waals surface area contributed by atoms with Crippen molar-refractivity contribution in [3.63, 3.8) is 0 Å². The number of amides is 1. The maximum absolute atomic E-state index is 14.7. The number of hydrogen-bond acceptors (Lipinski definition) is 10. The van der Waals surface area contributed by atoms with Gasteiger partial charge in [0.15, 0.2) is 11.5 Å². The van der Waals surface area contributed by atoms with E-state index < -0.39 is 11.9 Å². The fraction of sp³-hybridized carbons (Fsp3) is 0.483. The maximum Gasteiger partial charge on any atom is 0.228 e. The maximum atomic E-state index is 14.7. The average molecular weight is 603 g/mol. The van der Waals surface area contributed by atoms with E-state index in [9.17, 15) is 19.4 Å². The third-order valence-corrected chi connectivity index (χ3v) is 8.09. The highest BCUT2D eigenvalue weighted by Crippen LogP contribution is 2.36. The number of fused-ring (bicyclic) bond motifs is 1. The molecular weight excluding hydrogens is 567 g/mol. The largest absolute Gasteiger partial charge is 0.493 e. The number of likely N-dealkylation sites (tertiary alicyclic amines) is 1. The van der Waals surface area contributed by atoms with Gasteiger partial charge in [-0.1, -0.05) is 11.6 Å². The Morgan fingerprint density at radius 1 is 1.12 bits per heavy atom. The normalized spacial score (nSPS) is 18.4. The second-order valence-corrected chi connectivity index (χ2v) is 11.0. The van der Waals surface area contributed by atoms with E-state index in [1.807, 2.05) is 9.80 Å². The highest BCUT2D eigenvalue weighted by molar-refractivity contribution is 6.30. The second kappa shape index (κ2) is 13.2. The molecule has 3 N–H and O–H groups in total. The number of ether oxygens (including phenoxy) is 2. The van der Waals surface area contributed by atoms with Crippen LogP contribution in [-0.4, -0.2) is 108 Å². The lowest BCUT2D eigenvalue weighted by molar-refractivity contribution is -0.132. The van der Waals surface area contributed by atoms with Gasteiger partial charge in [0.1, 0.15) is 11.6 Å². The molecule has 2 unspecified atom stereocenters. The number of aliphatic hydroxyl groups is 2. The highest BCUT2D eigenvalue weighted by Gasteiger charge is 2.31. The molecular formula is C29H36ClFN6O5. The van der Waals surface area contributed by atoms with Crippen molar-refractivity contribution in [1.29, 1.82) is 0 Å². The van der Waals surface area contributed by atoms with E-state index in [1.54, 1.807) is 31.4 Å². The van der Waals surface area contributed by atoms with Gasteiger partial charge in [0.2, 0.25) is 11.9 Å². The number of nitrogens with one attached hydrogen (secondary N) is 1. The lowest BCUT2D eigenvalue weighted by Gasteiger charge is -2.36. The van der Waals surface area contributed by atoms with Gasteiger partial charge >= 0.3 is 0 Å². The smallest absolute Gasteiger partial charge is 0.228 e. The number of methoxy groups -OCH3 is 2. The topological polar surface area (TPSA) is 124 Å². The van der Waals surface area contributed by atoms with E-state index in [0.29, 0.717) is 73.3 Å². The summed E-state index contributed by atoms with van der Waals surface area (Å²) >= 11 is 5.95. The second-order valence-electron chi connectivity index (χ2n) is 10.5. The zero-order valence-electron chi connectivity index (χ0n) is 23.7. The Hall–Kier alpha value is -3.45. The Morgan fingerprint density at radius 2 is 1.86 bits per heavy atom. The van der Waals surface area contributed by atoms with Gasteiger partial charge in [-0.25, -0.2) is 9.37 Å². The van der Waals surface area contributed by atoms with E-state index >= 15 is 0 Å². The third-order valence-electron chi connectivity index (χ3n) is 7.85. The molecule has 42 heavy (non-hydrogen) atoms. The molecule has 2 atom stereocenters. The predicted octanol–water partition coefficient (Wildman–Crippen LogP) is 3.04. The van der Waals surface area contributed by atoms with Gasteiger partial charge < -0.3 is 34.8 Å². The van der Waals surface area contributed by atoms with E-state index in [0.717, 1.165) is 19.4 Å². The molecule has 2 saturated heterocycles. The first-order chi connectivity index (χ1) is 20.3. The molecule has 2 fully saturated rings. The summed E-state index contributed by atoms with van der Waals surface area (Å²) in [5, 5.41) is 23.1. The molecule has 226 valence electrons. The van der Waals surface area contributed by atoms with Crippen molar-refractivity contribution in [3.8, 4) is 11.5 Å². The summed E-state index contributed by atoms with van der Waals surface area (Å²) in [4.78, 5) is 28.7. The zero-order chi connectivity index (χ0) is 29.8. The Bertz CT molecular complexity index is 1420. The van der Waals surface area contributed by atoms with Crippen molar-refractivity contribution in [2.24, 2.45) is 0 Å². The standard InChI is InChI=1S/C29H36ClFN6O5/c1-41-25-14-21-24(15-26(25)42-2)33-29(34-28(21)32-23-6-5-18(30)12-22(23)31)36-10-8-35(9-11-36)27(40)13-19-4-3-7-37(19)16-20(39)17-38/h5-6,12,14-15,19-20,38-39H,3-4,7-11,13,16-17H2,1-2H3,(H,32,33,34). The first kappa shape index (κ1) is 30.0. The summed E-state index contributed by atoms with van der Waals surface area (Å²) < 4.78 is 25.7. The number of nitrogens with zero attached hydrogens (tertiary/aromatic N) is 5. The van der Waals surface area contributed by atoms with Crippen LogP contribution >= 0.6 is 11.6 Å². The fourth-order valence-corrected chi connectivity index (χ4v) is 5.74. The SMILES string of the molecule is COc1cc2nc(N3CCN(C(=O)CC4CCCN4CC(O)CO)CC3)nc(Nc3ccc(Cl)cc3F)c2cc1OC. The molecule has 1 aromatic heterocycles. The molecule has 11 nitrogen and oxygen atoms in total. The van der Waals surface area contributed by atoms with Crippen LogP contribution in [-0.2, 0) is 4.79 Å². The molecule has 0 aliphatic carbocycles. The lowest BCUT2D eigenvalue weighted by atomic mass is 10.1. The predicted molar refractivity (Wildman–Crippen MR) is 158 cm³/mol. The van der Waals surface area contributed by atoms with Crippen LogP contribution in [0.25, 0.3) is 10.9 Å². The summed E-state index contributed by atoms with van der Waals surface area (Å²) in [6.07, 6.45) is 1.44. The monoisotopic (exact) mass is 602 g/mol. The van der Waals surface area contributed by atoms with Crippen LogP contribution in [0.3, 0.4) is 0 Å². The summed E-state index contributed by atoms with van der Waals surface area (Å²) in [6, 6.07) is 7.94. The van der Waals surface area contributed by atoms with Gasteiger partial charge in [-0.3, -0.25) is 9.69 Å². The van der Waals surface area contributed by atoms with E-state index in [4.69, 9.17) is 31.0 Å².